The van der Waals surface area contributed by atoms with E-state index >= 15 is 0 Å². The minimum atomic E-state index is -0.400. The zero-order valence-electron chi connectivity index (χ0n) is 14.7. The number of ether oxygens (including phenoxy) is 1. The highest BCUT2D eigenvalue weighted by Crippen LogP contribution is 2.35. The van der Waals surface area contributed by atoms with Crippen molar-refractivity contribution in [2.75, 3.05) is 11.9 Å². The zero-order valence-corrected chi connectivity index (χ0v) is 14.7. The fourth-order valence-electron chi connectivity index (χ4n) is 3.45. The average molecular weight is 377 g/mol. The fraction of sp³-hybridized carbons (Fsp3) is 0.150. The van der Waals surface area contributed by atoms with Gasteiger partial charge in [-0.2, -0.15) is 10.1 Å². The Bertz CT molecular complexity index is 1220. The molecule has 3 heterocycles. The number of nitrogens with one attached hydrogen (secondary N) is 2. The monoisotopic (exact) mass is 377 g/mol. The van der Waals surface area contributed by atoms with E-state index in [1.807, 2.05) is 30.3 Å². The molecule has 0 aliphatic carbocycles. The lowest BCUT2D eigenvalue weighted by Gasteiger charge is -2.27. The topological polar surface area (TPSA) is 84.8 Å². The zero-order chi connectivity index (χ0) is 19.1. The van der Waals surface area contributed by atoms with Crippen molar-refractivity contribution in [3.05, 3.63) is 76.5 Å². The molecule has 28 heavy (non-hydrogen) atoms. The third-order valence-electron chi connectivity index (χ3n) is 4.78. The number of aromatic amines is 1. The molecule has 2 N–H and O–H groups in total. The fourth-order valence-corrected chi connectivity index (χ4v) is 3.45. The molecule has 2 aromatic heterocycles. The van der Waals surface area contributed by atoms with Crippen LogP contribution in [0, 0.1) is 5.82 Å². The summed E-state index contributed by atoms with van der Waals surface area (Å²) in [4.78, 5) is 19.8. The van der Waals surface area contributed by atoms with Crippen molar-refractivity contribution in [3.8, 4) is 11.4 Å². The summed E-state index contributed by atoms with van der Waals surface area (Å²) in [5, 5.41) is 7.91. The summed E-state index contributed by atoms with van der Waals surface area (Å²) in [6.07, 6.45) is 2.12. The number of H-pyrrole nitrogens is 1. The number of halogens is 1. The van der Waals surface area contributed by atoms with Gasteiger partial charge in [0.2, 0.25) is 5.95 Å². The van der Waals surface area contributed by atoms with Gasteiger partial charge in [-0.1, -0.05) is 30.3 Å². The summed E-state index contributed by atoms with van der Waals surface area (Å²) in [5.41, 5.74) is 1.66. The highest BCUT2D eigenvalue weighted by molar-refractivity contribution is 5.76. The van der Waals surface area contributed by atoms with Crippen molar-refractivity contribution in [1.82, 2.24) is 19.7 Å². The normalized spacial score (nSPS) is 15.8. The van der Waals surface area contributed by atoms with Crippen LogP contribution >= 0.6 is 0 Å². The molecule has 1 atom stereocenters. The van der Waals surface area contributed by atoms with Crippen LogP contribution in [0.2, 0.25) is 0 Å². The number of hydrogen-bond acceptors (Lipinski definition) is 5. The van der Waals surface area contributed by atoms with Crippen LogP contribution in [-0.2, 0) is 0 Å². The number of rotatable bonds is 3. The Labute approximate surface area is 158 Å². The highest BCUT2D eigenvalue weighted by atomic mass is 19.1. The second kappa shape index (κ2) is 6.49. The van der Waals surface area contributed by atoms with Crippen LogP contribution in [0.4, 0.5) is 10.3 Å². The summed E-state index contributed by atoms with van der Waals surface area (Å²) in [6, 6.07) is 14.1. The number of para-hydroxylation sites is 2. The van der Waals surface area contributed by atoms with E-state index in [4.69, 9.17) is 4.74 Å². The maximum Gasteiger partial charge on any atom is 0.263 e. The smallest absolute Gasteiger partial charge is 0.263 e. The van der Waals surface area contributed by atoms with Gasteiger partial charge in [0.1, 0.15) is 5.39 Å². The first kappa shape index (κ1) is 16.5. The van der Waals surface area contributed by atoms with Crippen LogP contribution in [0.3, 0.4) is 0 Å². The van der Waals surface area contributed by atoms with Crippen molar-refractivity contribution in [2.24, 2.45) is 0 Å². The van der Waals surface area contributed by atoms with E-state index in [1.165, 1.54) is 12.3 Å². The third kappa shape index (κ3) is 2.70. The number of anilines is 1. The van der Waals surface area contributed by atoms with Gasteiger partial charge >= 0.3 is 0 Å². The van der Waals surface area contributed by atoms with E-state index in [-0.39, 0.29) is 17.4 Å². The van der Waals surface area contributed by atoms with E-state index in [9.17, 15) is 9.18 Å². The van der Waals surface area contributed by atoms with Crippen molar-refractivity contribution >= 4 is 17.0 Å². The first-order chi connectivity index (χ1) is 13.7. The van der Waals surface area contributed by atoms with E-state index in [1.54, 1.807) is 16.8 Å². The summed E-state index contributed by atoms with van der Waals surface area (Å²) in [6.45, 7) is 0.375. The molecule has 5 rings (SSSR count). The molecule has 4 aromatic rings. The number of hydrogen-bond donors (Lipinski definition) is 2. The van der Waals surface area contributed by atoms with Crippen LogP contribution in [0.1, 0.15) is 18.0 Å². The molecule has 0 fully saturated rings. The Kier molecular flexibility index (Phi) is 3.82. The molecule has 0 amide bonds. The quantitative estimate of drug-likeness (QED) is 0.573. The van der Waals surface area contributed by atoms with Crippen molar-refractivity contribution in [2.45, 2.75) is 12.5 Å². The molecular weight excluding hydrogens is 361 g/mol. The lowest BCUT2D eigenvalue weighted by molar-refractivity contribution is 0.260. The maximum absolute atomic E-state index is 14.0. The van der Waals surface area contributed by atoms with Gasteiger partial charge in [0.05, 0.1) is 24.5 Å². The Balaban J connectivity index is 1.56. The molecule has 8 heteroatoms. The van der Waals surface area contributed by atoms with Crippen LogP contribution in [0.5, 0.6) is 5.75 Å². The summed E-state index contributed by atoms with van der Waals surface area (Å²) < 4.78 is 21.1. The summed E-state index contributed by atoms with van der Waals surface area (Å²) in [7, 11) is 0. The van der Waals surface area contributed by atoms with Gasteiger partial charge in [0, 0.05) is 12.0 Å². The van der Waals surface area contributed by atoms with Crippen molar-refractivity contribution in [3.63, 3.8) is 0 Å². The Morgan fingerprint density at radius 2 is 2.04 bits per heavy atom. The molecule has 0 radical (unpaired) electrons. The van der Waals surface area contributed by atoms with Gasteiger partial charge in [-0.3, -0.25) is 9.78 Å². The highest BCUT2D eigenvalue weighted by Gasteiger charge is 2.25. The summed E-state index contributed by atoms with van der Waals surface area (Å²) in [5.74, 6) is 0.143. The van der Waals surface area contributed by atoms with E-state index in [2.05, 4.69) is 20.4 Å². The molecule has 7 nitrogen and oxygen atoms in total. The maximum atomic E-state index is 14.0. The Morgan fingerprint density at radius 1 is 1.18 bits per heavy atom. The van der Waals surface area contributed by atoms with E-state index in [0.29, 0.717) is 35.6 Å². The lowest BCUT2D eigenvalue weighted by atomic mass is 10.0. The molecule has 0 saturated heterocycles. The first-order valence-electron chi connectivity index (χ1n) is 8.92. The predicted octanol–water partition coefficient (Wildman–Crippen LogP) is 3.18. The molecular formula is C20H16FN5O2. The molecule has 0 bridgehead atoms. The number of nitrogens with zero attached hydrogens (tertiary/aromatic N) is 3. The standard InChI is InChI=1S/C20H16FN5O2/c21-15-8-4-7-13-16(9-10-28-17(13)15)23-20-24-18-14(19(27)25-20)11-22-26(18)12-5-2-1-3-6-12/h1-8,11,16H,9-10H2,(H2,23,24,25,27)/t16-/m0/s1. The van der Waals surface area contributed by atoms with Gasteiger partial charge in [-0.25, -0.2) is 9.07 Å². The lowest BCUT2D eigenvalue weighted by Crippen LogP contribution is -2.23. The second-order valence-electron chi connectivity index (χ2n) is 6.54. The van der Waals surface area contributed by atoms with Crippen molar-refractivity contribution in [1.29, 1.82) is 0 Å². The van der Waals surface area contributed by atoms with Crippen molar-refractivity contribution < 1.29 is 9.13 Å². The molecule has 0 saturated carbocycles. The number of aromatic nitrogens is 4. The minimum Gasteiger partial charge on any atom is -0.490 e. The van der Waals surface area contributed by atoms with E-state index in [0.717, 1.165) is 5.69 Å². The number of fused-ring (bicyclic) bond motifs is 2. The predicted molar refractivity (Wildman–Crippen MR) is 102 cm³/mol. The SMILES string of the molecule is O=c1[nH]c(N[C@H]2CCOc3c(F)cccc32)nc2c1cnn2-c1ccccc1. The van der Waals surface area contributed by atoms with Gasteiger partial charge in [-0.15, -0.1) is 0 Å². The van der Waals surface area contributed by atoms with Gasteiger partial charge < -0.3 is 10.1 Å². The minimum absolute atomic E-state index is 0.229. The molecule has 2 aromatic carbocycles. The van der Waals surface area contributed by atoms with Gasteiger partial charge in [0.15, 0.2) is 17.2 Å². The molecule has 140 valence electrons. The van der Waals surface area contributed by atoms with Crippen LogP contribution in [0.15, 0.2) is 59.5 Å². The van der Waals surface area contributed by atoms with Gasteiger partial charge in [0.25, 0.3) is 5.56 Å². The Morgan fingerprint density at radius 3 is 2.89 bits per heavy atom. The largest absolute Gasteiger partial charge is 0.490 e. The Hall–Kier alpha value is -3.68. The van der Waals surface area contributed by atoms with E-state index < -0.39 is 5.82 Å². The van der Waals surface area contributed by atoms with Gasteiger partial charge in [-0.05, 0) is 18.2 Å². The first-order valence-corrected chi connectivity index (χ1v) is 8.92. The third-order valence-corrected chi connectivity index (χ3v) is 4.78. The molecule has 1 aliphatic heterocycles. The molecule has 0 unspecified atom stereocenters. The average Bonchev–Trinajstić information content (AvgIpc) is 3.14. The molecule has 0 spiro atoms. The second-order valence-corrected chi connectivity index (χ2v) is 6.54. The van der Waals surface area contributed by atoms with Crippen LogP contribution < -0.4 is 15.6 Å². The number of benzene rings is 2. The summed E-state index contributed by atoms with van der Waals surface area (Å²) >= 11 is 0. The van der Waals surface area contributed by atoms with Crippen LogP contribution in [0.25, 0.3) is 16.7 Å². The van der Waals surface area contributed by atoms with Crippen LogP contribution in [-0.4, -0.2) is 26.4 Å². The molecule has 1 aliphatic rings.